The van der Waals surface area contributed by atoms with E-state index in [1.165, 1.54) is 21.3 Å². The van der Waals surface area contributed by atoms with Crippen molar-refractivity contribution in [2.24, 2.45) is 0 Å². The molecule has 0 aliphatic heterocycles. The monoisotopic (exact) mass is 320 g/mol. The molecule has 0 unspecified atom stereocenters. The number of hydrogen-bond donors (Lipinski definition) is 0. The van der Waals surface area contributed by atoms with E-state index in [9.17, 15) is 4.79 Å². The van der Waals surface area contributed by atoms with Crippen LogP contribution in [0.4, 0.5) is 0 Å². The third-order valence-electron chi connectivity index (χ3n) is 3.52. The first kappa shape index (κ1) is 16.8. The molecule has 0 saturated heterocycles. The summed E-state index contributed by atoms with van der Waals surface area (Å²) < 4.78 is 16.2. The summed E-state index contributed by atoms with van der Waals surface area (Å²) in [6, 6.07) is 4.96. The van der Waals surface area contributed by atoms with Crippen molar-refractivity contribution in [1.82, 2.24) is 10.2 Å². The smallest absolute Gasteiger partial charge is 0.277 e. The molecule has 7 nitrogen and oxygen atoms in total. The first-order chi connectivity index (χ1) is 11.0. The topological polar surface area (TPSA) is 74.0 Å². The lowest BCUT2D eigenvalue weighted by Crippen LogP contribution is -2.25. The van der Waals surface area contributed by atoms with E-state index in [2.05, 4.69) is 5.16 Å². The number of hydroxylamine groups is 2. The molecule has 0 bridgehead atoms. The Morgan fingerprint density at radius 1 is 1.26 bits per heavy atom. The summed E-state index contributed by atoms with van der Waals surface area (Å²) in [5, 5.41) is 5.02. The lowest BCUT2D eigenvalue weighted by atomic mass is 10.2. The Morgan fingerprint density at radius 2 is 2.00 bits per heavy atom. The number of rotatable bonds is 6. The normalized spacial score (nSPS) is 10.5. The highest BCUT2D eigenvalue weighted by Gasteiger charge is 2.16. The molecule has 0 atom stereocenters. The summed E-state index contributed by atoms with van der Waals surface area (Å²) >= 11 is 0. The Hall–Kier alpha value is -2.54. The van der Waals surface area contributed by atoms with Crippen LogP contribution in [0.1, 0.15) is 27.4 Å². The molecule has 1 amide bonds. The van der Waals surface area contributed by atoms with Gasteiger partial charge in [-0.05, 0) is 32.0 Å². The largest absolute Gasteiger partial charge is 0.493 e. The van der Waals surface area contributed by atoms with Gasteiger partial charge in [-0.25, -0.2) is 5.06 Å². The molecular weight excluding hydrogens is 300 g/mol. The number of nitrogens with zero attached hydrogens (tertiary/aromatic N) is 2. The molecule has 0 radical (unpaired) electrons. The molecule has 23 heavy (non-hydrogen) atoms. The van der Waals surface area contributed by atoms with E-state index >= 15 is 0 Å². The van der Waals surface area contributed by atoms with Crippen molar-refractivity contribution < 1.29 is 23.6 Å². The predicted octanol–water partition coefficient (Wildman–Crippen LogP) is 2.51. The minimum atomic E-state index is -0.275. The number of amides is 1. The van der Waals surface area contributed by atoms with Crippen LogP contribution >= 0.6 is 0 Å². The Labute approximate surface area is 134 Å². The fraction of sp³-hybridized carbons (Fsp3) is 0.375. The summed E-state index contributed by atoms with van der Waals surface area (Å²) in [6.45, 7) is 4.00. The summed E-state index contributed by atoms with van der Waals surface area (Å²) in [7, 11) is 4.49. The number of methoxy groups -OCH3 is 1. The molecule has 0 spiro atoms. The van der Waals surface area contributed by atoms with Crippen LogP contribution in [0.15, 0.2) is 22.7 Å². The van der Waals surface area contributed by atoms with Gasteiger partial charge in [0, 0.05) is 12.6 Å². The van der Waals surface area contributed by atoms with Gasteiger partial charge in [-0.3, -0.25) is 9.63 Å². The van der Waals surface area contributed by atoms with E-state index in [4.69, 9.17) is 18.8 Å². The van der Waals surface area contributed by atoms with E-state index in [0.29, 0.717) is 23.7 Å². The maximum absolute atomic E-state index is 12.1. The predicted molar refractivity (Wildman–Crippen MR) is 82.4 cm³/mol. The molecule has 1 aromatic heterocycles. The number of ether oxygens (including phenoxy) is 2. The lowest BCUT2D eigenvalue weighted by Gasteiger charge is -2.15. The van der Waals surface area contributed by atoms with Crippen LogP contribution in [0.5, 0.6) is 11.5 Å². The fourth-order valence-electron chi connectivity index (χ4n) is 2.04. The van der Waals surface area contributed by atoms with Crippen LogP contribution in [0.2, 0.25) is 0 Å². The van der Waals surface area contributed by atoms with Crippen LogP contribution in [-0.2, 0) is 11.4 Å². The van der Waals surface area contributed by atoms with Crippen molar-refractivity contribution >= 4 is 5.91 Å². The van der Waals surface area contributed by atoms with E-state index in [1.54, 1.807) is 18.2 Å². The molecule has 0 N–H and O–H groups in total. The number of carbonyl (C=O) groups excluding carboxylic acids is 1. The van der Waals surface area contributed by atoms with Crippen molar-refractivity contribution in [1.29, 1.82) is 0 Å². The van der Waals surface area contributed by atoms with Crippen molar-refractivity contribution in [3.63, 3.8) is 0 Å². The number of carbonyl (C=O) groups is 1. The molecule has 0 fully saturated rings. The lowest BCUT2D eigenvalue weighted by molar-refractivity contribution is -0.0757. The average molecular weight is 320 g/mol. The zero-order valence-corrected chi connectivity index (χ0v) is 13.9. The first-order valence-corrected chi connectivity index (χ1v) is 7.02. The highest BCUT2D eigenvalue weighted by atomic mass is 16.7. The third kappa shape index (κ3) is 3.62. The SMILES string of the molecule is COc1cc(C(=O)N(C)OC)ccc1OCc1c(C)noc1C. The third-order valence-corrected chi connectivity index (χ3v) is 3.52. The minimum absolute atomic E-state index is 0.275. The summed E-state index contributed by atoms with van der Waals surface area (Å²) in [5.41, 5.74) is 2.12. The van der Waals surface area contributed by atoms with Crippen LogP contribution < -0.4 is 9.47 Å². The van der Waals surface area contributed by atoms with Crippen LogP contribution in [0, 0.1) is 13.8 Å². The standard InChI is InChI=1S/C16H20N2O5/c1-10-13(11(2)23-17-10)9-22-14-7-6-12(8-15(14)20-4)16(19)18(3)21-5/h6-8H,9H2,1-5H3. The number of hydrogen-bond acceptors (Lipinski definition) is 6. The molecule has 124 valence electrons. The molecule has 0 aliphatic carbocycles. The second kappa shape index (κ2) is 7.15. The molecule has 2 rings (SSSR count). The fourth-order valence-corrected chi connectivity index (χ4v) is 2.04. The Bertz CT molecular complexity index is 676. The number of aryl methyl sites for hydroxylation is 2. The van der Waals surface area contributed by atoms with E-state index in [0.717, 1.165) is 22.1 Å². The van der Waals surface area contributed by atoms with Gasteiger partial charge >= 0.3 is 0 Å². The minimum Gasteiger partial charge on any atom is -0.493 e. The van der Waals surface area contributed by atoms with Crippen molar-refractivity contribution in [2.75, 3.05) is 21.3 Å². The molecule has 0 saturated carbocycles. The van der Waals surface area contributed by atoms with Gasteiger partial charge in [0.25, 0.3) is 5.91 Å². The van der Waals surface area contributed by atoms with E-state index < -0.39 is 0 Å². The summed E-state index contributed by atoms with van der Waals surface area (Å²) in [4.78, 5) is 17.0. The average Bonchev–Trinajstić information content (AvgIpc) is 2.89. The van der Waals surface area contributed by atoms with Crippen molar-refractivity contribution in [2.45, 2.75) is 20.5 Å². The highest BCUT2D eigenvalue weighted by Crippen LogP contribution is 2.29. The Balaban J connectivity index is 2.18. The van der Waals surface area contributed by atoms with Gasteiger partial charge in [0.1, 0.15) is 12.4 Å². The van der Waals surface area contributed by atoms with Gasteiger partial charge < -0.3 is 14.0 Å². The van der Waals surface area contributed by atoms with Crippen LogP contribution in [-0.4, -0.2) is 37.4 Å². The summed E-state index contributed by atoms with van der Waals surface area (Å²) in [5.74, 6) is 1.44. The molecule has 1 heterocycles. The zero-order valence-electron chi connectivity index (χ0n) is 13.9. The van der Waals surface area contributed by atoms with Gasteiger partial charge in [0.15, 0.2) is 11.5 Å². The summed E-state index contributed by atoms with van der Waals surface area (Å²) in [6.07, 6.45) is 0. The quantitative estimate of drug-likeness (QED) is 0.761. The second-order valence-corrected chi connectivity index (χ2v) is 4.94. The highest BCUT2D eigenvalue weighted by molar-refractivity contribution is 5.94. The van der Waals surface area contributed by atoms with Gasteiger partial charge in [-0.15, -0.1) is 0 Å². The maximum atomic E-state index is 12.1. The number of aromatic nitrogens is 1. The molecule has 2 aromatic rings. The molecule has 0 aliphatic rings. The van der Waals surface area contributed by atoms with Crippen LogP contribution in [0.3, 0.4) is 0 Å². The molecular formula is C16H20N2O5. The van der Waals surface area contributed by atoms with Crippen molar-refractivity contribution in [3.05, 3.63) is 40.8 Å². The zero-order chi connectivity index (χ0) is 17.0. The Morgan fingerprint density at radius 3 is 2.57 bits per heavy atom. The van der Waals surface area contributed by atoms with Gasteiger partial charge in [-0.1, -0.05) is 5.16 Å². The van der Waals surface area contributed by atoms with E-state index in [-0.39, 0.29) is 5.91 Å². The second-order valence-electron chi connectivity index (χ2n) is 4.94. The van der Waals surface area contributed by atoms with E-state index in [1.807, 2.05) is 13.8 Å². The number of benzene rings is 1. The molecule has 1 aromatic carbocycles. The maximum Gasteiger partial charge on any atom is 0.277 e. The van der Waals surface area contributed by atoms with Crippen molar-refractivity contribution in [3.8, 4) is 11.5 Å². The van der Waals surface area contributed by atoms with Gasteiger partial charge in [-0.2, -0.15) is 0 Å². The van der Waals surface area contributed by atoms with Gasteiger partial charge in [0.2, 0.25) is 0 Å². The first-order valence-electron chi connectivity index (χ1n) is 7.02. The van der Waals surface area contributed by atoms with Gasteiger partial charge in [0.05, 0.1) is 25.5 Å². The van der Waals surface area contributed by atoms with Crippen LogP contribution in [0.25, 0.3) is 0 Å². The molecule has 7 heteroatoms. The Kier molecular flexibility index (Phi) is 5.23.